The van der Waals surface area contributed by atoms with E-state index in [-0.39, 0.29) is 12.1 Å². The van der Waals surface area contributed by atoms with E-state index in [0.29, 0.717) is 32.3 Å². The fourth-order valence-electron chi connectivity index (χ4n) is 3.43. The number of benzene rings is 2. The van der Waals surface area contributed by atoms with Crippen molar-refractivity contribution in [2.24, 2.45) is 0 Å². The Morgan fingerprint density at radius 3 is 1.94 bits per heavy atom. The minimum atomic E-state index is -1.03. The van der Waals surface area contributed by atoms with Crippen molar-refractivity contribution in [2.45, 2.75) is 37.8 Å². The fraction of sp³-hybridized carbons (Fsp3) is 0.348. The smallest absolute Gasteiger partial charge is 0.404 e. The van der Waals surface area contributed by atoms with E-state index in [1.165, 1.54) is 5.56 Å². The molecule has 166 valence electrons. The van der Waals surface area contributed by atoms with E-state index in [2.05, 4.69) is 28.1 Å². The van der Waals surface area contributed by atoms with Crippen LogP contribution in [0.3, 0.4) is 0 Å². The number of hydrogen-bond donors (Lipinski definition) is 5. The van der Waals surface area contributed by atoms with Gasteiger partial charge in [0.05, 0.1) is 0 Å². The van der Waals surface area contributed by atoms with E-state index >= 15 is 0 Å². The molecule has 2 aromatic carbocycles. The molecule has 2 aromatic rings. The van der Waals surface area contributed by atoms with Gasteiger partial charge in [-0.1, -0.05) is 60.7 Å². The molecule has 2 unspecified atom stereocenters. The zero-order valence-electron chi connectivity index (χ0n) is 17.4. The van der Waals surface area contributed by atoms with Crippen molar-refractivity contribution in [3.05, 3.63) is 71.8 Å². The topological polar surface area (TPSA) is 120 Å². The normalized spacial score (nSPS) is 12.4. The van der Waals surface area contributed by atoms with E-state index < -0.39 is 12.1 Å². The molecule has 0 radical (unpaired) electrons. The summed E-state index contributed by atoms with van der Waals surface area (Å²) in [7, 11) is 0. The Hall–Kier alpha value is -3.39. The first kappa shape index (κ1) is 23.9. The summed E-state index contributed by atoms with van der Waals surface area (Å²) in [5.74, 6) is 0. The molecule has 31 heavy (non-hydrogen) atoms. The van der Waals surface area contributed by atoms with E-state index in [4.69, 9.17) is 0 Å². The standard InChI is InChI=1S/C23H30N4O4/c28-17-26-22(29)25-14-13-24-20(15-18-7-3-1-4-8-18)11-12-21(27-23(30)31)16-19-9-5-2-6-10-19/h1-10,17,20-21,24,27H,11-16H2,(H,30,31)(H2,25,26,28,29). The Morgan fingerprint density at radius 2 is 1.39 bits per heavy atom. The summed E-state index contributed by atoms with van der Waals surface area (Å²) in [5.41, 5.74) is 2.26. The molecule has 8 nitrogen and oxygen atoms in total. The van der Waals surface area contributed by atoms with Crippen LogP contribution in [0.4, 0.5) is 9.59 Å². The van der Waals surface area contributed by atoms with Gasteiger partial charge in [0, 0.05) is 25.2 Å². The molecule has 4 amide bonds. The van der Waals surface area contributed by atoms with Gasteiger partial charge < -0.3 is 21.1 Å². The minimum Gasteiger partial charge on any atom is -0.465 e. The highest BCUT2D eigenvalue weighted by Gasteiger charge is 2.16. The molecule has 0 aromatic heterocycles. The quantitative estimate of drug-likeness (QED) is 0.249. The van der Waals surface area contributed by atoms with Crippen LogP contribution in [0.5, 0.6) is 0 Å². The average Bonchev–Trinajstić information content (AvgIpc) is 2.76. The molecule has 2 atom stereocenters. The van der Waals surface area contributed by atoms with Crippen LogP contribution in [0.2, 0.25) is 0 Å². The second kappa shape index (κ2) is 13.8. The molecule has 0 saturated heterocycles. The highest BCUT2D eigenvalue weighted by Crippen LogP contribution is 2.13. The van der Waals surface area contributed by atoms with Gasteiger partial charge >= 0.3 is 12.1 Å². The summed E-state index contributed by atoms with van der Waals surface area (Å²) >= 11 is 0. The van der Waals surface area contributed by atoms with Crippen LogP contribution in [0.25, 0.3) is 0 Å². The third-order valence-electron chi connectivity index (χ3n) is 4.87. The van der Waals surface area contributed by atoms with Crippen molar-refractivity contribution in [2.75, 3.05) is 13.1 Å². The molecule has 0 aliphatic rings. The van der Waals surface area contributed by atoms with Gasteiger partial charge in [0.1, 0.15) is 0 Å². The summed E-state index contributed by atoms with van der Waals surface area (Å²) in [6.45, 7) is 0.894. The van der Waals surface area contributed by atoms with Crippen molar-refractivity contribution in [1.29, 1.82) is 0 Å². The molecule has 0 fully saturated rings. The van der Waals surface area contributed by atoms with Gasteiger partial charge in [-0.3, -0.25) is 10.1 Å². The van der Waals surface area contributed by atoms with Gasteiger partial charge in [-0.2, -0.15) is 0 Å². The molecular weight excluding hydrogens is 396 g/mol. The number of hydrogen-bond acceptors (Lipinski definition) is 4. The molecule has 0 spiro atoms. The van der Waals surface area contributed by atoms with Gasteiger partial charge in [-0.15, -0.1) is 0 Å². The van der Waals surface area contributed by atoms with Gasteiger partial charge in [0.15, 0.2) is 0 Å². The lowest BCUT2D eigenvalue weighted by Gasteiger charge is -2.23. The number of rotatable bonds is 13. The number of carbonyl (C=O) groups excluding carboxylic acids is 2. The SMILES string of the molecule is O=CNC(=O)NCCNC(CCC(Cc1ccccc1)NC(=O)O)Cc1ccccc1. The first-order chi connectivity index (χ1) is 15.1. The number of amides is 4. The Labute approximate surface area is 182 Å². The molecule has 0 saturated carbocycles. The second-order valence-corrected chi connectivity index (χ2v) is 7.27. The first-order valence-electron chi connectivity index (χ1n) is 10.4. The highest BCUT2D eigenvalue weighted by molar-refractivity contribution is 5.84. The summed E-state index contributed by atoms with van der Waals surface area (Å²) < 4.78 is 0. The third kappa shape index (κ3) is 10.3. The molecular formula is C23H30N4O4. The third-order valence-corrected chi connectivity index (χ3v) is 4.87. The molecule has 8 heteroatoms. The molecule has 0 heterocycles. The average molecular weight is 427 g/mol. The minimum absolute atomic E-state index is 0.104. The number of urea groups is 1. The van der Waals surface area contributed by atoms with Crippen LogP contribution in [-0.4, -0.2) is 48.8 Å². The predicted octanol–water partition coefficient (Wildman–Crippen LogP) is 2.30. The largest absolute Gasteiger partial charge is 0.465 e. The van der Waals surface area contributed by atoms with Crippen LogP contribution in [0.1, 0.15) is 24.0 Å². The maximum absolute atomic E-state index is 11.3. The maximum atomic E-state index is 11.3. The Balaban J connectivity index is 1.93. The summed E-state index contributed by atoms with van der Waals surface area (Å²) in [5, 5.41) is 19.9. The van der Waals surface area contributed by atoms with E-state index in [9.17, 15) is 19.5 Å². The Kier molecular flexibility index (Phi) is 10.6. The van der Waals surface area contributed by atoms with Crippen molar-refractivity contribution >= 4 is 18.5 Å². The van der Waals surface area contributed by atoms with Gasteiger partial charge in [-0.25, -0.2) is 9.59 Å². The first-order valence-corrected chi connectivity index (χ1v) is 10.4. The van der Waals surface area contributed by atoms with Crippen molar-refractivity contribution in [3.63, 3.8) is 0 Å². The van der Waals surface area contributed by atoms with Crippen molar-refractivity contribution in [1.82, 2.24) is 21.3 Å². The van der Waals surface area contributed by atoms with E-state index in [1.54, 1.807) is 0 Å². The van der Waals surface area contributed by atoms with Crippen molar-refractivity contribution < 1.29 is 19.5 Å². The number of carbonyl (C=O) groups is 3. The molecule has 0 aliphatic heterocycles. The summed E-state index contributed by atoms with van der Waals surface area (Å²) in [6, 6.07) is 19.2. The molecule has 0 aliphatic carbocycles. The van der Waals surface area contributed by atoms with E-state index in [1.807, 2.05) is 53.8 Å². The van der Waals surface area contributed by atoms with E-state index in [0.717, 1.165) is 18.4 Å². The van der Waals surface area contributed by atoms with Gasteiger partial charge in [-0.05, 0) is 36.8 Å². The van der Waals surface area contributed by atoms with Crippen LogP contribution in [0, 0.1) is 0 Å². The zero-order chi connectivity index (χ0) is 22.3. The zero-order valence-corrected chi connectivity index (χ0v) is 17.4. The monoisotopic (exact) mass is 426 g/mol. The number of carboxylic acid groups (broad SMARTS) is 1. The lowest BCUT2D eigenvalue weighted by Crippen LogP contribution is -2.42. The summed E-state index contributed by atoms with van der Waals surface area (Å²) in [6.07, 6.45) is 2.14. The highest BCUT2D eigenvalue weighted by atomic mass is 16.4. The lowest BCUT2D eigenvalue weighted by molar-refractivity contribution is -0.108. The predicted molar refractivity (Wildman–Crippen MR) is 119 cm³/mol. The molecule has 2 rings (SSSR count). The second-order valence-electron chi connectivity index (χ2n) is 7.27. The van der Waals surface area contributed by atoms with Gasteiger partial charge in [0.2, 0.25) is 6.41 Å². The number of imide groups is 1. The van der Waals surface area contributed by atoms with Crippen molar-refractivity contribution in [3.8, 4) is 0 Å². The summed E-state index contributed by atoms with van der Waals surface area (Å²) in [4.78, 5) is 32.9. The molecule has 5 N–H and O–H groups in total. The van der Waals surface area contributed by atoms with Crippen LogP contribution < -0.4 is 21.3 Å². The molecule has 0 bridgehead atoms. The lowest BCUT2D eigenvalue weighted by atomic mass is 9.96. The number of nitrogens with one attached hydrogen (secondary N) is 4. The van der Waals surface area contributed by atoms with Crippen LogP contribution >= 0.6 is 0 Å². The Bertz CT molecular complexity index is 802. The maximum Gasteiger partial charge on any atom is 0.404 e. The van der Waals surface area contributed by atoms with Crippen LogP contribution in [0.15, 0.2) is 60.7 Å². The fourth-order valence-corrected chi connectivity index (χ4v) is 3.43. The Morgan fingerprint density at radius 1 is 0.839 bits per heavy atom. The van der Waals surface area contributed by atoms with Crippen LogP contribution in [-0.2, 0) is 17.6 Å². The van der Waals surface area contributed by atoms with Gasteiger partial charge in [0.25, 0.3) is 0 Å².